The fraction of sp³-hybridized carbons (Fsp3) is 0.318. The summed E-state index contributed by atoms with van der Waals surface area (Å²) in [6, 6.07) is 13.0. The van der Waals surface area contributed by atoms with E-state index < -0.39 is 0 Å². The molecule has 2 aromatic carbocycles. The van der Waals surface area contributed by atoms with Gasteiger partial charge in [-0.2, -0.15) is 5.10 Å². The van der Waals surface area contributed by atoms with Crippen LogP contribution in [0.25, 0.3) is 10.8 Å². The third-order valence-electron chi connectivity index (χ3n) is 5.46. The number of methoxy groups -OCH3 is 2. The van der Waals surface area contributed by atoms with Crippen LogP contribution in [0.5, 0.6) is 11.5 Å². The summed E-state index contributed by atoms with van der Waals surface area (Å²) in [6.45, 7) is 0.694. The number of hydrogen-bond acceptors (Lipinski definition) is 5. The molecule has 0 spiro atoms. The monoisotopic (exact) mass is 393 g/mol. The van der Waals surface area contributed by atoms with Gasteiger partial charge in [0.15, 0.2) is 11.5 Å². The second-order valence-electron chi connectivity index (χ2n) is 7.08. The largest absolute Gasteiger partial charge is 0.493 e. The Morgan fingerprint density at radius 2 is 1.90 bits per heavy atom. The lowest BCUT2D eigenvalue weighted by Crippen LogP contribution is -2.32. The maximum absolute atomic E-state index is 13.1. The molecule has 150 valence electrons. The molecule has 3 aromatic rings. The Morgan fingerprint density at radius 3 is 2.66 bits per heavy atom. The Balaban J connectivity index is 1.61. The van der Waals surface area contributed by atoms with Gasteiger partial charge in [0.05, 0.1) is 37.8 Å². The molecule has 1 unspecified atom stereocenters. The van der Waals surface area contributed by atoms with Crippen LogP contribution >= 0.6 is 0 Å². The van der Waals surface area contributed by atoms with E-state index in [2.05, 4.69) is 10.2 Å². The van der Waals surface area contributed by atoms with Gasteiger partial charge in [-0.05, 0) is 36.6 Å². The van der Waals surface area contributed by atoms with Crippen molar-refractivity contribution in [3.05, 3.63) is 64.1 Å². The number of aromatic nitrogens is 2. The van der Waals surface area contributed by atoms with Gasteiger partial charge in [0.1, 0.15) is 0 Å². The van der Waals surface area contributed by atoms with Crippen LogP contribution < -0.4 is 15.0 Å². The van der Waals surface area contributed by atoms with Crippen LogP contribution in [-0.2, 0) is 11.2 Å². The van der Waals surface area contributed by atoms with Gasteiger partial charge >= 0.3 is 0 Å². The van der Waals surface area contributed by atoms with Crippen molar-refractivity contribution < 1.29 is 14.3 Å². The highest BCUT2D eigenvalue weighted by molar-refractivity contribution is 5.88. The fourth-order valence-electron chi connectivity index (χ4n) is 4.02. The molecular weight excluding hydrogens is 370 g/mol. The first-order valence-electron chi connectivity index (χ1n) is 9.60. The number of hydrogen-bond donors (Lipinski definition) is 1. The highest BCUT2D eigenvalue weighted by Crippen LogP contribution is 2.37. The summed E-state index contributed by atoms with van der Waals surface area (Å²) < 4.78 is 10.7. The van der Waals surface area contributed by atoms with E-state index in [-0.39, 0.29) is 23.9 Å². The number of amides is 1. The highest BCUT2D eigenvalue weighted by atomic mass is 16.5. The molecule has 1 saturated heterocycles. The first-order chi connectivity index (χ1) is 14.1. The Morgan fingerprint density at radius 1 is 1.14 bits per heavy atom. The van der Waals surface area contributed by atoms with Gasteiger partial charge in [-0.3, -0.25) is 9.59 Å². The minimum absolute atomic E-state index is 0.00742. The van der Waals surface area contributed by atoms with E-state index >= 15 is 0 Å². The smallest absolute Gasteiger partial charge is 0.272 e. The molecule has 0 bridgehead atoms. The lowest BCUT2D eigenvalue weighted by atomic mass is 10.0. The summed E-state index contributed by atoms with van der Waals surface area (Å²) in [6.07, 6.45) is 1.96. The molecule has 0 saturated carbocycles. The third-order valence-corrected chi connectivity index (χ3v) is 5.46. The molecule has 2 heterocycles. The van der Waals surface area contributed by atoms with Gasteiger partial charge in [0, 0.05) is 11.9 Å². The van der Waals surface area contributed by atoms with Gasteiger partial charge < -0.3 is 14.4 Å². The average Bonchev–Trinajstić information content (AvgIpc) is 3.25. The summed E-state index contributed by atoms with van der Waals surface area (Å²) in [5.41, 5.74) is 1.36. The van der Waals surface area contributed by atoms with Gasteiger partial charge in [-0.25, -0.2) is 5.10 Å². The van der Waals surface area contributed by atoms with Gasteiger partial charge in [0.2, 0.25) is 5.91 Å². The summed E-state index contributed by atoms with van der Waals surface area (Å²) in [7, 11) is 3.20. The molecule has 1 amide bonds. The molecule has 1 N–H and O–H groups in total. The number of carbonyl (C=O) groups is 1. The number of carbonyl (C=O) groups excluding carboxylic acids is 1. The van der Waals surface area contributed by atoms with Crippen LogP contribution in [0.2, 0.25) is 0 Å². The first kappa shape index (κ1) is 19.0. The molecule has 1 aliphatic rings. The quantitative estimate of drug-likeness (QED) is 0.721. The Hall–Kier alpha value is -3.35. The molecular formula is C22H23N3O4. The van der Waals surface area contributed by atoms with Crippen molar-refractivity contribution in [1.29, 1.82) is 0 Å². The van der Waals surface area contributed by atoms with E-state index in [4.69, 9.17) is 9.47 Å². The van der Waals surface area contributed by atoms with Gasteiger partial charge in [-0.15, -0.1) is 0 Å². The van der Waals surface area contributed by atoms with Gasteiger partial charge in [-0.1, -0.05) is 24.3 Å². The number of rotatable bonds is 5. The topological polar surface area (TPSA) is 84.5 Å². The van der Waals surface area contributed by atoms with E-state index in [0.29, 0.717) is 34.5 Å². The van der Waals surface area contributed by atoms with Crippen molar-refractivity contribution >= 4 is 16.7 Å². The average molecular weight is 393 g/mol. The van der Waals surface area contributed by atoms with Crippen molar-refractivity contribution in [3.63, 3.8) is 0 Å². The number of benzene rings is 2. The van der Waals surface area contributed by atoms with E-state index in [9.17, 15) is 9.59 Å². The van der Waals surface area contributed by atoms with E-state index in [0.717, 1.165) is 18.4 Å². The lowest BCUT2D eigenvalue weighted by Gasteiger charge is -2.26. The van der Waals surface area contributed by atoms with Crippen LogP contribution in [0.3, 0.4) is 0 Å². The third kappa shape index (κ3) is 3.55. The van der Waals surface area contributed by atoms with Crippen LogP contribution in [0.15, 0.2) is 47.3 Å². The number of likely N-dealkylation sites (tertiary alicyclic amines) is 1. The molecule has 0 radical (unpaired) electrons. The molecule has 1 atom stereocenters. The van der Waals surface area contributed by atoms with E-state index in [1.54, 1.807) is 26.4 Å². The maximum atomic E-state index is 13.1. The van der Waals surface area contributed by atoms with Crippen molar-refractivity contribution in [2.75, 3.05) is 20.8 Å². The summed E-state index contributed by atoms with van der Waals surface area (Å²) in [5, 5.41) is 7.91. The maximum Gasteiger partial charge on any atom is 0.272 e. The highest BCUT2D eigenvalue weighted by Gasteiger charge is 2.31. The second-order valence-corrected chi connectivity index (χ2v) is 7.08. The zero-order valence-corrected chi connectivity index (χ0v) is 16.5. The normalized spacial score (nSPS) is 16.2. The summed E-state index contributed by atoms with van der Waals surface area (Å²) in [5.74, 6) is 1.31. The summed E-state index contributed by atoms with van der Waals surface area (Å²) >= 11 is 0. The zero-order chi connectivity index (χ0) is 20.4. The number of nitrogens with zero attached hydrogens (tertiary/aromatic N) is 2. The minimum Gasteiger partial charge on any atom is -0.493 e. The molecule has 1 aliphatic heterocycles. The predicted molar refractivity (Wildman–Crippen MR) is 109 cm³/mol. The number of aromatic amines is 1. The van der Waals surface area contributed by atoms with Crippen molar-refractivity contribution in [2.45, 2.75) is 25.3 Å². The fourth-order valence-corrected chi connectivity index (χ4v) is 4.02. The molecule has 29 heavy (non-hydrogen) atoms. The van der Waals surface area contributed by atoms with Crippen molar-refractivity contribution in [3.8, 4) is 11.5 Å². The molecule has 7 heteroatoms. The summed E-state index contributed by atoms with van der Waals surface area (Å²) in [4.78, 5) is 27.0. The van der Waals surface area contributed by atoms with Crippen molar-refractivity contribution in [2.24, 2.45) is 0 Å². The van der Waals surface area contributed by atoms with Crippen LogP contribution in [0.4, 0.5) is 0 Å². The Labute approximate surface area is 168 Å². The lowest BCUT2D eigenvalue weighted by molar-refractivity contribution is -0.131. The number of H-pyrrole nitrogens is 1. The number of nitrogens with one attached hydrogen (secondary N) is 1. The molecule has 4 rings (SSSR count). The second kappa shape index (κ2) is 7.95. The predicted octanol–water partition coefficient (Wildman–Crippen LogP) is 2.85. The Bertz CT molecular complexity index is 1110. The SMILES string of the molecule is COc1ccc(C2CCCN2C(=O)Cc2n[nH]c(=O)c3ccccc23)cc1OC. The minimum atomic E-state index is -0.249. The van der Waals surface area contributed by atoms with Gasteiger partial charge in [0.25, 0.3) is 5.56 Å². The zero-order valence-electron chi connectivity index (χ0n) is 16.5. The molecule has 0 aliphatic carbocycles. The molecule has 7 nitrogen and oxygen atoms in total. The van der Waals surface area contributed by atoms with Crippen molar-refractivity contribution in [1.82, 2.24) is 15.1 Å². The molecule has 1 fully saturated rings. The van der Waals surface area contributed by atoms with E-state index in [1.807, 2.05) is 35.2 Å². The Kier molecular flexibility index (Phi) is 5.20. The number of ether oxygens (including phenoxy) is 2. The van der Waals surface area contributed by atoms with E-state index in [1.165, 1.54) is 0 Å². The van der Waals surface area contributed by atoms with Crippen LogP contribution in [0, 0.1) is 0 Å². The molecule has 1 aromatic heterocycles. The van der Waals surface area contributed by atoms with Crippen LogP contribution in [0.1, 0.15) is 30.1 Å². The van der Waals surface area contributed by atoms with Crippen LogP contribution in [-0.4, -0.2) is 41.8 Å². The first-order valence-corrected chi connectivity index (χ1v) is 9.60. The number of fused-ring (bicyclic) bond motifs is 1. The standard InChI is InChI=1S/C22H23N3O4/c1-28-19-10-9-14(12-20(19)29-2)18-8-5-11-25(18)21(26)13-17-15-6-3-4-7-16(15)22(27)24-23-17/h3-4,6-7,9-10,12,18H,5,8,11,13H2,1-2H3,(H,24,27).